The van der Waals surface area contributed by atoms with Crippen molar-refractivity contribution in [2.75, 3.05) is 0 Å². The Balaban J connectivity index is 2.28. The van der Waals surface area contributed by atoms with Gasteiger partial charge in [-0.25, -0.2) is 0 Å². The van der Waals surface area contributed by atoms with Gasteiger partial charge in [0.25, 0.3) is 0 Å². The standard InChI is InChI=1S/C19H22O/c1-18(2,3)14-10-8-11-15-17(14)20-16-12-7-6-9-13(16)19(15,4)5/h6-12H,1-5H3. The van der Waals surface area contributed by atoms with E-state index < -0.39 is 0 Å². The van der Waals surface area contributed by atoms with Gasteiger partial charge in [0.2, 0.25) is 0 Å². The zero-order valence-electron chi connectivity index (χ0n) is 12.9. The van der Waals surface area contributed by atoms with Crippen LogP contribution in [0.5, 0.6) is 11.5 Å². The van der Waals surface area contributed by atoms with Crippen molar-refractivity contribution < 1.29 is 4.74 Å². The van der Waals surface area contributed by atoms with Crippen molar-refractivity contribution in [2.24, 2.45) is 0 Å². The van der Waals surface area contributed by atoms with Crippen molar-refractivity contribution in [2.45, 2.75) is 45.4 Å². The van der Waals surface area contributed by atoms with Crippen molar-refractivity contribution in [3.05, 3.63) is 59.2 Å². The molecule has 3 rings (SSSR count). The Hall–Kier alpha value is -1.76. The van der Waals surface area contributed by atoms with Gasteiger partial charge < -0.3 is 4.74 Å². The van der Waals surface area contributed by atoms with Gasteiger partial charge in [0.05, 0.1) is 0 Å². The molecule has 0 spiro atoms. The van der Waals surface area contributed by atoms with E-state index >= 15 is 0 Å². The zero-order valence-corrected chi connectivity index (χ0v) is 12.9. The van der Waals surface area contributed by atoms with E-state index in [2.05, 4.69) is 71.0 Å². The number of rotatable bonds is 0. The number of hydrogen-bond acceptors (Lipinski definition) is 1. The molecular formula is C19H22O. The number of hydrogen-bond donors (Lipinski definition) is 0. The van der Waals surface area contributed by atoms with Gasteiger partial charge in [0, 0.05) is 22.1 Å². The molecule has 1 aliphatic heterocycles. The molecule has 2 aromatic rings. The first-order chi connectivity index (χ1) is 9.32. The molecule has 0 aliphatic carbocycles. The Labute approximate surface area is 121 Å². The predicted molar refractivity (Wildman–Crippen MR) is 83.8 cm³/mol. The third-order valence-electron chi connectivity index (χ3n) is 4.27. The zero-order chi connectivity index (χ0) is 14.5. The molecule has 0 amide bonds. The first kappa shape index (κ1) is 13.2. The van der Waals surface area contributed by atoms with E-state index in [1.165, 1.54) is 16.7 Å². The molecular weight excluding hydrogens is 244 g/mol. The summed E-state index contributed by atoms with van der Waals surface area (Å²) in [6.45, 7) is 11.3. The summed E-state index contributed by atoms with van der Waals surface area (Å²) in [6, 6.07) is 14.9. The Morgan fingerprint density at radius 3 is 2.20 bits per heavy atom. The van der Waals surface area contributed by atoms with E-state index in [4.69, 9.17) is 4.74 Å². The lowest BCUT2D eigenvalue weighted by atomic mass is 9.73. The fraction of sp³-hybridized carbons (Fsp3) is 0.368. The van der Waals surface area contributed by atoms with Crippen LogP contribution in [0.2, 0.25) is 0 Å². The lowest BCUT2D eigenvalue weighted by Crippen LogP contribution is -2.26. The maximum atomic E-state index is 6.27. The monoisotopic (exact) mass is 266 g/mol. The molecule has 0 radical (unpaired) electrons. The molecule has 0 bridgehead atoms. The topological polar surface area (TPSA) is 9.23 Å². The molecule has 104 valence electrons. The first-order valence-electron chi connectivity index (χ1n) is 7.23. The van der Waals surface area contributed by atoms with Gasteiger partial charge >= 0.3 is 0 Å². The molecule has 2 aromatic carbocycles. The number of benzene rings is 2. The van der Waals surface area contributed by atoms with E-state index in [1.54, 1.807) is 0 Å². The van der Waals surface area contributed by atoms with Gasteiger partial charge in [0.15, 0.2) is 0 Å². The van der Waals surface area contributed by atoms with E-state index in [-0.39, 0.29) is 10.8 Å². The summed E-state index contributed by atoms with van der Waals surface area (Å²) in [5.74, 6) is 2.03. The summed E-state index contributed by atoms with van der Waals surface area (Å²) >= 11 is 0. The molecule has 1 aliphatic rings. The van der Waals surface area contributed by atoms with Gasteiger partial charge in [-0.3, -0.25) is 0 Å². The predicted octanol–water partition coefficient (Wildman–Crippen LogP) is 5.42. The average molecular weight is 266 g/mol. The second-order valence-corrected chi connectivity index (χ2v) is 7.16. The van der Waals surface area contributed by atoms with Crippen molar-refractivity contribution in [3.8, 4) is 11.5 Å². The number of para-hydroxylation sites is 2. The van der Waals surface area contributed by atoms with Gasteiger partial charge in [-0.15, -0.1) is 0 Å². The molecule has 0 saturated heterocycles. The number of fused-ring (bicyclic) bond motifs is 2. The van der Waals surface area contributed by atoms with Crippen molar-refractivity contribution >= 4 is 0 Å². The number of ether oxygens (including phenoxy) is 1. The minimum absolute atomic E-state index is 0.0224. The molecule has 0 fully saturated rings. The minimum atomic E-state index is -0.0224. The Morgan fingerprint density at radius 2 is 1.50 bits per heavy atom. The lowest BCUT2D eigenvalue weighted by molar-refractivity contribution is 0.401. The van der Waals surface area contributed by atoms with Crippen LogP contribution in [0.4, 0.5) is 0 Å². The van der Waals surface area contributed by atoms with E-state index in [9.17, 15) is 0 Å². The molecule has 1 heterocycles. The quantitative estimate of drug-likeness (QED) is 0.619. The smallest absolute Gasteiger partial charge is 0.135 e. The van der Waals surface area contributed by atoms with Crippen LogP contribution in [0.3, 0.4) is 0 Å². The normalized spacial score (nSPS) is 16.1. The Kier molecular flexibility index (Phi) is 2.72. The summed E-state index contributed by atoms with van der Waals surface area (Å²) in [5, 5.41) is 0. The highest BCUT2D eigenvalue weighted by molar-refractivity contribution is 5.60. The van der Waals surface area contributed by atoms with Gasteiger partial charge in [-0.1, -0.05) is 71.0 Å². The third-order valence-corrected chi connectivity index (χ3v) is 4.27. The maximum Gasteiger partial charge on any atom is 0.135 e. The average Bonchev–Trinajstić information content (AvgIpc) is 2.37. The Morgan fingerprint density at radius 1 is 0.850 bits per heavy atom. The summed E-state index contributed by atoms with van der Waals surface area (Å²) in [5.41, 5.74) is 3.87. The second kappa shape index (κ2) is 4.12. The second-order valence-electron chi connectivity index (χ2n) is 7.16. The van der Waals surface area contributed by atoms with Crippen LogP contribution < -0.4 is 4.74 Å². The van der Waals surface area contributed by atoms with E-state index in [0.29, 0.717) is 0 Å². The van der Waals surface area contributed by atoms with E-state index in [0.717, 1.165) is 11.5 Å². The van der Waals surface area contributed by atoms with Crippen LogP contribution in [0, 0.1) is 0 Å². The molecule has 0 unspecified atom stereocenters. The fourth-order valence-electron chi connectivity index (χ4n) is 3.06. The summed E-state index contributed by atoms with van der Waals surface area (Å²) in [4.78, 5) is 0. The molecule has 1 heteroatoms. The molecule has 1 nitrogen and oxygen atoms in total. The SMILES string of the molecule is CC(C)(C)c1cccc2c1Oc1ccccc1C2(C)C. The lowest BCUT2D eigenvalue weighted by Gasteiger charge is -2.37. The maximum absolute atomic E-state index is 6.27. The van der Waals surface area contributed by atoms with Crippen LogP contribution in [0.15, 0.2) is 42.5 Å². The fourth-order valence-corrected chi connectivity index (χ4v) is 3.06. The molecule has 0 saturated carbocycles. The van der Waals surface area contributed by atoms with Crippen molar-refractivity contribution in [3.63, 3.8) is 0 Å². The largest absolute Gasteiger partial charge is 0.456 e. The van der Waals surface area contributed by atoms with Crippen LogP contribution in [-0.4, -0.2) is 0 Å². The third kappa shape index (κ3) is 1.84. The van der Waals surface area contributed by atoms with Gasteiger partial charge in [-0.2, -0.15) is 0 Å². The minimum Gasteiger partial charge on any atom is -0.456 e. The summed E-state index contributed by atoms with van der Waals surface area (Å²) in [6.07, 6.45) is 0. The Bertz CT molecular complexity index is 660. The van der Waals surface area contributed by atoms with Crippen LogP contribution >= 0.6 is 0 Å². The highest BCUT2D eigenvalue weighted by atomic mass is 16.5. The van der Waals surface area contributed by atoms with E-state index in [1.807, 2.05) is 6.07 Å². The highest BCUT2D eigenvalue weighted by Gasteiger charge is 2.36. The van der Waals surface area contributed by atoms with Crippen molar-refractivity contribution in [1.82, 2.24) is 0 Å². The molecule has 0 atom stereocenters. The van der Waals surface area contributed by atoms with Gasteiger partial charge in [-0.05, 0) is 11.5 Å². The van der Waals surface area contributed by atoms with Crippen LogP contribution in [0.1, 0.15) is 51.3 Å². The van der Waals surface area contributed by atoms with Crippen LogP contribution in [-0.2, 0) is 10.8 Å². The van der Waals surface area contributed by atoms with Gasteiger partial charge in [0.1, 0.15) is 11.5 Å². The van der Waals surface area contributed by atoms with Crippen molar-refractivity contribution in [1.29, 1.82) is 0 Å². The summed E-state index contributed by atoms with van der Waals surface area (Å²) in [7, 11) is 0. The first-order valence-corrected chi connectivity index (χ1v) is 7.23. The van der Waals surface area contributed by atoms with Crippen LogP contribution in [0.25, 0.3) is 0 Å². The molecule has 0 aromatic heterocycles. The highest BCUT2D eigenvalue weighted by Crippen LogP contribution is 2.50. The molecule has 0 N–H and O–H groups in total. The summed E-state index contributed by atoms with van der Waals surface area (Å²) < 4.78 is 6.27. The molecule has 20 heavy (non-hydrogen) atoms.